The maximum absolute atomic E-state index is 4.63. The highest BCUT2D eigenvalue weighted by atomic mass is 14.2. The predicted molar refractivity (Wildman–Crippen MR) is 183 cm³/mol. The van der Waals surface area contributed by atoms with Crippen molar-refractivity contribution in [3.8, 4) is 0 Å². The minimum atomic E-state index is 0.978. The van der Waals surface area contributed by atoms with Crippen molar-refractivity contribution in [3.63, 3.8) is 0 Å². The van der Waals surface area contributed by atoms with Gasteiger partial charge >= 0.3 is 0 Å². The summed E-state index contributed by atoms with van der Waals surface area (Å²) in [6.45, 7) is 13.9. The first kappa shape index (κ1) is 25.5. The third-order valence-electron chi connectivity index (χ3n) is 8.32. The monoisotopic (exact) mass is 534 g/mol. The molecule has 7 aromatic carbocycles. The molecule has 0 N–H and O–H groups in total. The summed E-state index contributed by atoms with van der Waals surface area (Å²) < 4.78 is 0. The molecule has 7 aromatic rings. The molecule has 0 heteroatoms. The molecule has 42 heavy (non-hydrogen) atoms. The molecule has 0 aliphatic heterocycles. The standard InChI is InChI=1S/C42H30/c1-28(37-22-10-16-31-13-4-7-19-40(31)37)34-25-35(29(2)38-23-11-17-32-14-5-8-20-41(32)38)27-36(26-34)30(3)39-24-12-18-33-15-6-9-21-42(33)39/h4-27H,1-3H2. The average Bonchev–Trinajstić information content (AvgIpc) is 3.06. The van der Waals surface area contributed by atoms with Crippen molar-refractivity contribution in [2.45, 2.75) is 0 Å². The van der Waals surface area contributed by atoms with Crippen LogP contribution in [0.2, 0.25) is 0 Å². The highest BCUT2D eigenvalue weighted by Crippen LogP contribution is 2.37. The van der Waals surface area contributed by atoms with E-state index in [2.05, 4.69) is 165 Å². The second-order valence-corrected chi connectivity index (χ2v) is 10.8. The van der Waals surface area contributed by atoms with Crippen molar-refractivity contribution in [1.82, 2.24) is 0 Å². The molecule has 7 rings (SSSR count). The van der Waals surface area contributed by atoms with Crippen LogP contribution in [-0.4, -0.2) is 0 Å². The Hall–Kier alpha value is -5.46. The van der Waals surface area contributed by atoms with E-state index in [9.17, 15) is 0 Å². The number of benzene rings is 7. The Morgan fingerprint density at radius 3 is 0.881 bits per heavy atom. The second kappa shape index (κ2) is 10.5. The van der Waals surface area contributed by atoms with Crippen LogP contribution in [0.25, 0.3) is 49.0 Å². The van der Waals surface area contributed by atoms with E-state index in [4.69, 9.17) is 0 Å². The zero-order chi connectivity index (χ0) is 28.6. The molecule has 0 fully saturated rings. The van der Waals surface area contributed by atoms with Crippen LogP contribution in [0.5, 0.6) is 0 Å². The molecule has 0 amide bonds. The Morgan fingerprint density at radius 2 is 0.571 bits per heavy atom. The van der Waals surface area contributed by atoms with Crippen molar-refractivity contribution in [2.24, 2.45) is 0 Å². The van der Waals surface area contributed by atoms with Crippen molar-refractivity contribution in [1.29, 1.82) is 0 Å². The zero-order valence-electron chi connectivity index (χ0n) is 23.5. The lowest BCUT2D eigenvalue weighted by Gasteiger charge is -2.18. The van der Waals surface area contributed by atoms with Gasteiger partial charge in [0, 0.05) is 0 Å². The fourth-order valence-corrected chi connectivity index (χ4v) is 6.08. The molecule has 0 aliphatic carbocycles. The number of fused-ring (bicyclic) bond motifs is 3. The molecule has 0 saturated heterocycles. The quantitative estimate of drug-likeness (QED) is 0.199. The van der Waals surface area contributed by atoms with E-state index in [0.717, 1.165) is 50.1 Å². The van der Waals surface area contributed by atoms with Crippen LogP contribution < -0.4 is 0 Å². The second-order valence-electron chi connectivity index (χ2n) is 10.8. The molecule has 198 valence electrons. The van der Waals surface area contributed by atoms with Gasteiger partial charge in [-0.1, -0.05) is 147 Å². The normalized spacial score (nSPS) is 11.1. The predicted octanol–water partition coefficient (Wildman–Crippen LogP) is 11.3. The maximum Gasteiger partial charge on any atom is -0.0105 e. The molecule has 0 aliphatic rings. The lowest BCUT2D eigenvalue weighted by Crippen LogP contribution is -1.97. The van der Waals surface area contributed by atoms with Crippen LogP contribution in [0.4, 0.5) is 0 Å². The first-order valence-corrected chi connectivity index (χ1v) is 14.3. The Morgan fingerprint density at radius 1 is 0.310 bits per heavy atom. The maximum atomic E-state index is 4.63. The zero-order valence-corrected chi connectivity index (χ0v) is 23.5. The summed E-state index contributed by atoms with van der Waals surface area (Å²) in [7, 11) is 0. The molecular weight excluding hydrogens is 504 g/mol. The van der Waals surface area contributed by atoms with Gasteiger partial charge in [-0.25, -0.2) is 0 Å². The van der Waals surface area contributed by atoms with Crippen molar-refractivity contribution < 1.29 is 0 Å². The summed E-state index contributed by atoms with van der Waals surface area (Å²) in [5.41, 5.74) is 9.49. The fraction of sp³-hybridized carbons (Fsp3) is 0. The van der Waals surface area contributed by atoms with E-state index >= 15 is 0 Å². The van der Waals surface area contributed by atoms with Gasteiger partial charge in [-0.2, -0.15) is 0 Å². The number of hydrogen-bond acceptors (Lipinski definition) is 0. The summed E-state index contributed by atoms with van der Waals surface area (Å²) in [5.74, 6) is 0. The largest absolute Gasteiger partial charge is 0.0905 e. The van der Waals surface area contributed by atoms with Gasteiger partial charge < -0.3 is 0 Å². The van der Waals surface area contributed by atoms with Crippen LogP contribution >= 0.6 is 0 Å². The van der Waals surface area contributed by atoms with Crippen LogP contribution in [0.3, 0.4) is 0 Å². The smallest absolute Gasteiger partial charge is 0.0105 e. The summed E-state index contributed by atoms with van der Waals surface area (Å²) in [4.78, 5) is 0. The average molecular weight is 535 g/mol. The van der Waals surface area contributed by atoms with Crippen LogP contribution in [-0.2, 0) is 0 Å². The van der Waals surface area contributed by atoms with Gasteiger partial charge in [0.2, 0.25) is 0 Å². The lowest BCUT2D eigenvalue weighted by molar-refractivity contribution is 1.49. The van der Waals surface area contributed by atoms with E-state index in [1.54, 1.807) is 0 Å². The van der Waals surface area contributed by atoms with Gasteiger partial charge in [0.05, 0.1) is 0 Å². The van der Waals surface area contributed by atoms with Crippen LogP contribution in [0.15, 0.2) is 165 Å². The highest BCUT2D eigenvalue weighted by molar-refractivity contribution is 6.02. The molecule has 0 radical (unpaired) electrons. The molecule has 0 heterocycles. The van der Waals surface area contributed by atoms with E-state index in [1.165, 1.54) is 32.3 Å². The Balaban J connectivity index is 1.42. The molecule has 0 aromatic heterocycles. The summed E-state index contributed by atoms with van der Waals surface area (Å²) in [6, 6.07) is 51.4. The van der Waals surface area contributed by atoms with Gasteiger partial charge in [-0.3, -0.25) is 0 Å². The van der Waals surface area contributed by atoms with Gasteiger partial charge in [-0.05, 0) is 101 Å². The summed E-state index contributed by atoms with van der Waals surface area (Å²) in [6.07, 6.45) is 0. The van der Waals surface area contributed by atoms with E-state index in [1.807, 2.05) is 0 Å². The van der Waals surface area contributed by atoms with Crippen molar-refractivity contribution in [3.05, 3.63) is 199 Å². The first-order chi connectivity index (χ1) is 20.6. The molecule has 0 atom stereocenters. The molecule has 0 saturated carbocycles. The van der Waals surface area contributed by atoms with E-state index in [-0.39, 0.29) is 0 Å². The van der Waals surface area contributed by atoms with Gasteiger partial charge in [0.25, 0.3) is 0 Å². The van der Waals surface area contributed by atoms with Crippen LogP contribution in [0.1, 0.15) is 33.4 Å². The molecule has 0 unspecified atom stereocenters. The van der Waals surface area contributed by atoms with Crippen molar-refractivity contribution in [2.75, 3.05) is 0 Å². The first-order valence-electron chi connectivity index (χ1n) is 14.3. The highest BCUT2D eigenvalue weighted by Gasteiger charge is 2.15. The number of rotatable bonds is 6. The SMILES string of the molecule is C=C(c1cc(C(=C)c2cccc3ccccc23)cc(C(=C)c2cccc3ccccc23)c1)c1cccc2ccccc12. The van der Waals surface area contributed by atoms with Crippen molar-refractivity contribution >= 4 is 49.0 Å². The van der Waals surface area contributed by atoms with Gasteiger partial charge in [0.1, 0.15) is 0 Å². The minimum Gasteiger partial charge on any atom is -0.0905 e. The Kier molecular flexibility index (Phi) is 6.38. The summed E-state index contributed by atoms with van der Waals surface area (Å²) in [5, 5.41) is 7.18. The van der Waals surface area contributed by atoms with E-state index < -0.39 is 0 Å². The third kappa shape index (κ3) is 4.44. The van der Waals surface area contributed by atoms with Gasteiger partial charge in [0.15, 0.2) is 0 Å². The summed E-state index contributed by atoms with van der Waals surface area (Å²) >= 11 is 0. The van der Waals surface area contributed by atoms with E-state index in [0.29, 0.717) is 0 Å². The fourth-order valence-electron chi connectivity index (χ4n) is 6.08. The van der Waals surface area contributed by atoms with Gasteiger partial charge in [-0.15, -0.1) is 0 Å². The number of hydrogen-bond donors (Lipinski definition) is 0. The molecule has 0 nitrogen and oxygen atoms in total. The molecule has 0 spiro atoms. The Bertz CT molecular complexity index is 1910. The molecule has 0 bridgehead atoms. The lowest BCUT2D eigenvalue weighted by atomic mass is 9.86. The Labute approximate surface area is 247 Å². The van der Waals surface area contributed by atoms with Crippen LogP contribution in [0, 0.1) is 0 Å². The minimum absolute atomic E-state index is 0.978. The topological polar surface area (TPSA) is 0 Å². The molecular formula is C42H30. The third-order valence-corrected chi connectivity index (χ3v) is 8.32.